The monoisotopic (exact) mass is 481 g/mol. The molecule has 0 bridgehead atoms. The van der Waals surface area contributed by atoms with Crippen molar-refractivity contribution in [3.8, 4) is 0 Å². The lowest BCUT2D eigenvalue weighted by molar-refractivity contribution is -0.136. The number of nitrogens with zero attached hydrogens (tertiary/aromatic N) is 1. The molecule has 0 radical (unpaired) electrons. The van der Waals surface area contributed by atoms with Crippen molar-refractivity contribution in [2.75, 3.05) is 10.6 Å². The predicted octanol–water partition coefficient (Wildman–Crippen LogP) is 5.51. The molecule has 2 amide bonds. The Balaban J connectivity index is 1.88. The molecule has 0 saturated carbocycles. The fourth-order valence-corrected chi connectivity index (χ4v) is 2.90. The van der Waals surface area contributed by atoms with E-state index in [1.807, 2.05) is 0 Å². The lowest BCUT2D eigenvalue weighted by atomic mass is 10.1. The van der Waals surface area contributed by atoms with E-state index in [9.17, 15) is 27.2 Å². The number of hydrogen-bond donors (Lipinski definition) is 2. The molecule has 0 unspecified atom stereocenters. The van der Waals surface area contributed by atoms with E-state index < -0.39 is 35.1 Å². The largest absolute Gasteiger partial charge is 0.418 e. The molecule has 0 aliphatic carbocycles. The van der Waals surface area contributed by atoms with Gasteiger partial charge in [0, 0.05) is 22.6 Å². The van der Waals surface area contributed by atoms with Gasteiger partial charge in [0.05, 0.1) is 22.4 Å². The summed E-state index contributed by atoms with van der Waals surface area (Å²) < 4.78 is 54.8. The van der Waals surface area contributed by atoms with Gasteiger partial charge in [-0.2, -0.15) is 13.2 Å². The molecular weight excluding hydrogens is 470 g/mol. The van der Waals surface area contributed by atoms with Crippen LogP contribution in [-0.2, 0) is 6.18 Å². The number of carbonyl (C=O) groups is 2. The second kappa shape index (κ2) is 8.62. The van der Waals surface area contributed by atoms with Crippen LogP contribution in [0.2, 0.25) is 0 Å². The molecule has 0 spiro atoms. The maximum atomic E-state index is 13.7. The Labute approximate surface area is 176 Å². The highest BCUT2D eigenvalue weighted by Crippen LogP contribution is 2.37. The van der Waals surface area contributed by atoms with Gasteiger partial charge in [-0.25, -0.2) is 4.39 Å². The zero-order valence-corrected chi connectivity index (χ0v) is 16.5. The third-order valence-corrected chi connectivity index (χ3v) is 4.35. The van der Waals surface area contributed by atoms with Crippen LogP contribution >= 0.6 is 15.9 Å². The van der Waals surface area contributed by atoms with Gasteiger partial charge in [-0.1, -0.05) is 12.1 Å². The quantitative estimate of drug-likeness (QED) is 0.483. The summed E-state index contributed by atoms with van der Waals surface area (Å²) >= 11 is 3.13. The minimum absolute atomic E-state index is 0.0504. The molecule has 0 aliphatic rings. The average molecular weight is 482 g/mol. The molecule has 5 nitrogen and oxygen atoms in total. The number of rotatable bonds is 4. The van der Waals surface area contributed by atoms with Gasteiger partial charge in [0.15, 0.2) is 0 Å². The number of aromatic nitrogens is 1. The van der Waals surface area contributed by atoms with Crippen molar-refractivity contribution in [1.82, 2.24) is 4.98 Å². The van der Waals surface area contributed by atoms with Crippen LogP contribution in [0.5, 0.6) is 0 Å². The van der Waals surface area contributed by atoms with Crippen molar-refractivity contribution < 1.29 is 27.2 Å². The summed E-state index contributed by atoms with van der Waals surface area (Å²) in [6.45, 7) is 0. The molecule has 2 aromatic carbocycles. The molecule has 154 valence electrons. The van der Waals surface area contributed by atoms with Crippen molar-refractivity contribution >= 4 is 39.1 Å². The first-order valence-electron chi connectivity index (χ1n) is 8.34. The number of alkyl halides is 3. The van der Waals surface area contributed by atoms with Crippen LogP contribution in [-0.4, -0.2) is 16.8 Å². The first-order valence-corrected chi connectivity index (χ1v) is 9.13. The Bertz CT molecular complexity index is 1120. The molecule has 10 heteroatoms. The minimum Gasteiger partial charge on any atom is -0.322 e. The van der Waals surface area contributed by atoms with Crippen LogP contribution in [0.4, 0.5) is 28.9 Å². The molecular formula is C20H12BrF4N3O2. The highest BCUT2D eigenvalue weighted by Gasteiger charge is 2.34. The van der Waals surface area contributed by atoms with Gasteiger partial charge >= 0.3 is 6.18 Å². The van der Waals surface area contributed by atoms with Crippen LogP contribution < -0.4 is 10.6 Å². The van der Waals surface area contributed by atoms with Crippen LogP contribution in [0.15, 0.2) is 65.4 Å². The second-order valence-corrected chi connectivity index (χ2v) is 6.95. The fraction of sp³-hybridized carbons (Fsp3) is 0.0500. The molecule has 0 atom stereocenters. The van der Waals surface area contributed by atoms with Gasteiger partial charge in [-0.15, -0.1) is 0 Å². The topological polar surface area (TPSA) is 71.1 Å². The first kappa shape index (κ1) is 21.4. The predicted molar refractivity (Wildman–Crippen MR) is 106 cm³/mol. The zero-order chi connectivity index (χ0) is 21.9. The van der Waals surface area contributed by atoms with Crippen LogP contribution in [0.25, 0.3) is 0 Å². The molecule has 0 saturated heterocycles. The highest BCUT2D eigenvalue weighted by atomic mass is 79.9. The van der Waals surface area contributed by atoms with E-state index in [0.717, 1.165) is 12.1 Å². The molecule has 2 N–H and O–H groups in total. The standard InChI is InChI=1S/C20H12BrF4N3O2/c21-12-7-11(9-26-10-12)18(29)28-17-6-5-13(8-15(17)20(23,24)25)27-19(30)14-3-1-2-4-16(14)22/h1-10H,(H,27,30)(H,28,29). The molecule has 30 heavy (non-hydrogen) atoms. The number of anilines is 2. The molecule has 1 heterocycles. The second-order valence-electron chi connectivity index (χ2n) is 6.04. The maximum absolute atomic E-state index is 13.7. The Morgan fingerprint density at radius 2 is 1.67 bits per heavy atom. The van der Waals surface area contributed by atoms with Gasteiger partial charge in [-0.3, -0.25) is 14.6 Å². The van der Waals surface area contributed by atoms with Gasteiger partial charge in [0.1, 0.15) is 5.82 Å². The van der Waals surface area contributed by atoms with E-state index in [4.69, 9.17) is 0 Å². The van der Waals surface area contributed by atoms with Crippen molar-refractivity contribution in [1.29, 1.82) is 0 Å². The Kier molecular flexibility index (Phi) is 6.16. The van der Waals surface area contributed by atoms with E-state index in [2.05, 4.69) is 31.5 Å². The summed E-state index contributed by atoms with van der Waals surface area (Å²) in [7, 11) is 0. The van der Waals surface area contributed by atoms with Gasteiger partial charge in [0.2, 0.25) is 0 Å². The van der Waals surface area contributed by atoms with Crippen molar-refractivity contribution in [2.24, 2.45) is 0 Å². The number of halogens is 5. The lowest BCUT2D eigenvalue weighted by Crippen LogP contribution is -2.18. The summed E-state index contributed by atoms with van der Waals surface area (Å²) in [5, 5.41) is 4.41. The lowest BCUT2D eigenvalue weighted by Gasteiger charge is -2.16. The zero-order valence-electron chi connectivity index (χ0n) is 14.9. The highest BCUT2D eigenvalue weighted by molar-refractivity contribution is 9.10. The summed E-state index contributed by atoms with van der Waals surface area (Å²) in [5.41, 5.74) is -2.15. The number of amides is 2. The Morgan fingerprint density at radius 3 is 2.33 bits per heavy atom. The molecule has 0 aliphatic heterocycles. The fourth-order valence-electron chi connectivity index (χ4n) is 2.54. The van der Waals surface area contributed by atoms with E-state index in [-0.39, 0.29) is 16.8 Å². The number of benzene rings is 2. The van der Waals surface area contributed by atoms with Crippen LogP contribution in [0.3, 0.4) is 0 Å². The van der Waals surface area contributed by atoms with Crippen LogP contribution in [0, 0.1) is 5.82 Å². The van der Waals surface area contributed by atoms with Gasteiger partial charge in [0.25, 0.3) is 11.8 Å². The van der Waals surface area contributed by atoms with E-state index in [1.165, 1.54) is 42.7 Å². The molecule has 3 aromatic rings. The molecule has 1 aromatic heterocycles. The maximum Gasteiger partial charge on any atom is 0.418 e. The average Bonchev–Trinajstić information content (AvgIpc) is 2.68. The normalized spacial score (nSPS) is 11.1. The minimum atomic E-state index is -4.82. The summed E-state index contributed by atoms with van der Waals surface area (Å²) in [6.07, 6.45) is -2.20. The van der Waals surface area contributed by atoms with Crippen LogP contribution in [0.1, 0.15) is 26.3 Å². The third-order valence-electron chi connectivity index (χ3n) is 3.92. The van der Waals surface area contributed by atoms with E-state index >= 15 is 0 Å². The number of pyridine rings is 1. The SMILES string of the molecule is O=C(Nc1ccc(NC(=O)c2ccccc2F)cc1C(F)(F)F)c1cncc(Br)c1. The molecule has 0 fully saturated rings. The Morgan fingerprint density at radius 1 is 0.933 bits per heavy atom. The van der Waals surface area contributed by atoms with Gasteiger partial charge < -0.3 is 10.6 Å². The third kappa shape index (κ3) is 5.01. The number of hydrogen-bond acceptors (Lipinski definition) is 3. The van der Waals surface area contributed by atoms with Crippen molar-refractivity contribution in [3.63, 3.8) is 0 Å². The molecule has 3 rings (SSSR count). The Hall–Kier alpha value is -3.27. The summed E-state index contributed by atoms with van der Waals surface area (Å²) in [5.74, 6) is -2.51. The summed E-state index contributed by atoms with van der Waals surface area (Å²) in [6, 6.07) is 9.31. The number of carbonyl (C=O) groups excluding carboxylic acids is 2. The van der Waals surface area contributed by atoms with E-state index in [0.29, 0.717) is 10.5 Å². The first-order chi connectivity index (χ1) is 14.1. The van der Waals surface area contributed by atoms with Crippen molar-refractivity contribution in [3.05, 3.63) is 87.9 Å². The smallest absolute Gasteiger partial charge is 0.322 e. The summed E-state index contributed by atoms with van der Waals surface area (Å²) in [4.78, 5) is 28.2. The van der Waals surface area contributed by atoms with Gasteiger partial charge in [-0.05, 0) is 52.3 Å². The van der Waals surface area contributed by atoms with E-state index in [1.54, 1.807) is 0 Å². The number of nitrogens with one attached hydrogen (secondary N) is 2. The van der Waals surface area contributed by atoms with Crippen molar-refractivity contribution in [2.45, 2.75) is 6.18 Å².